The van der Waals surface area contributed by atoms with Crippen LogP contribution in [0.1, 0.15) is 15.9 Å². The fraction of sp³-hybridized carbons (Fsp3) is 0.250. The molecule has 4 aromatic rings. The molecule has 35 heavy (non-hydrogen) atoms. The molecule has 0 spiro atoms. The Balaban J connectivity index is 1.34. The van der Waals surface area contributed by atoms with E-state index in [-0.39, 0.29) is 11.8 Å². The van der Waals surface area contributed by atoms with Crippen molar-refractivity contribution in [3.05, 3.63) is 90.4 Å². The molecule has 2 aromatic carbocycles. The number of rotatable bonds is 6. The molecule has 1 saturated heterocycles. The highest BCUT2D eigenvalue weighted by molar-refractivity contribution is 5.99. The highest BCUT2D eigenvalue weighted by atomic mass is 16.5. The average Bonchev–Trinajstić information content (AvgIpc) is 3.15. The number of carbonyl (C=O) groups is 1. The molecule has 1 fully saturated rings. The van der Waals surface area contributed by atoms with E-state index in [4.69, 9.17) is 9.47 Å². The van der Waals surface area contributed by atoms with E-state index in [1.54, 1.807) is 19.4 Å². The number of ether oxygens (including phenoxy) is 2. The number of nitrogens with zero attached hydrogens (tertiary/aromatic N) is 3. The quantitative estimate of drug-likeness (QED) is 0.442. The van der Waals surface area contributed by atoms with Gasteiger partial charge in [0.05, 0.1) is 25.9 Å². The molecule has 0 bridgehead atoms. The molecule has 0 aliphatic carbocycles. The van der Waals surface area contributed by atoms with Crippen LogP contribution in [-0.4, -0.2) is 54.2 Å². The molecule has 7 nitrogen and oxygen atoms in total. The lowest BCUT2D eigenvalue weighted by molar-refractivity contribution is 0.0738. The Kier molecular flexibility index (Phi) is 6.86. The molecule has 5 rings (SSSR count). The normalized spacial score (nSPS) is 16.0. The average molecular weight is 469 g/mol. The molecule has 0 unspecified atom stereocenters. The molecule has 178 valence electrons. The van der Waals surface area contributed by atoms with Crippen molar-refractivity contribution in [2.75, 3.05) is 38.7 Å². The zero-order chi connectivity index (χ0) is 24.0. The van der Waals surface area contributed by atoms with Gasteiger partial charge in [0.1, 0.15) is 11.6 Å². The lowest BCUT2D eigenvalue weighted by Gasteiger charge is -2.25. The Morgan fingerprint density at radius 3 is 2.86 bits per heavy atom. The first-order valence-electron chi connectivity index (χ1n) is 11.8. The summed E-state index contributed by atoms with van der Waals surface area (Å²) in [5.74, 6) is 1.43. The van der Waals surface area contributed by atoms with Crippen molar-refractivity contribution in [1.29, 1.82) is 0 Å². The van der Waals surface area contributed by atoms with Crippen LogP contribution in [0.15, 0.2) is 79.3 Å². The molecule has 1 atom stereocenters. The molecule has 0 saturated carbocycles. The maximum atomic E-state index is 13.6. The van der Waals surface area contributed by atoms with Gasteiger partial charge in [-0.3, -0.25) is 9.78 Å². The molecule has 3 heterocycles. The standard InChI is InChI=1S/C28H28N4O3/c1-34-24-9-7-23(8-10-24)31-27-25(6-3-12-30-27)28(33)32-14-15-35-19-20(18-32)16-22-5-2-4-21-11-13-29-17-26(21)22/h2-13,17,20H,14-16,18-19H2,1H3,(H,30,31)/t20-/m0/s1. The third kappa shape index (κ3) is 5.25. The van der Waals surface area contributed by atoms with Gasteiger partial charge in [0, 0.05) is 48.7 Å². The summed E-state index contributed by atoms with van der Waals surface area (Å²) in [4.78, 5) is 24.3. The number of benzene rings is 2. The predicted octanol–water partition coefficient (Wildman–Crippen LogP) is 4.71. The van der Waals surface area contributed by atoms with Crippen LogP contribution in [-0.2, 0) is 11.2 Å². The van der Waals surface area contributed by atoms with E-state index in [1.807, 2.05) is 53.7 Å². The fourth-order valence-corrected chi connectivity index (χ4v) is 4.51. The number of hydrogen-bond donors (Lipinski definition) is 1. The largest absolute Gasteiger partial charge is 0.497 e. The van der Waals surface area contributed by atoms with E-state index in [0.29, 0.717) is 37.7 Å². The van der Waals surface area contributed by atoms with E-state index >= 15 is 0 Å². The molecule has 0 radical (unpaired) electrons. The third-order valence-corrected chi connectivity index (χ3v) is 6.30. The number of nitrogens with one attached hydrogen (secondary N) is 1. The van der Waals surface area contributed by atoms with Crippen LogP contribution in [0.3, 0.4) is 0 Å². The topological polar surface area (TPSA) is 76.6 Å². The third-order valence-electron chi connectivity index (χ3n) is 6.30. The molecule has 7 heteroatoms. The van der Waals surface area contributed by atoms with Crippen molar-refractivity contribution in [3.8, 4) is 5.75 Å². The maximum Gasteiger partial charge on any atom is 0.257 e. The van der Waals surface area contributed by atoms with E-state index in [0.717, 1.165) is 23.2 Å². The minimum Gasteiger partial charge on any atom is -0.497 e. The van der Waals surface area contributed by atoms with Gasteiger partial charge in [-0.05, 0) is 59.8 Å². The molecule has 1 N–H and O–H groups in total. The number of amides is 1. The molecule has 1 amide bonds. The number of pyridine rings is 2. The second-order valence-corrected chi connectivity index (χ2v) is 8.66. The van der Waals surface area contributed by atoms with Crippen molar-refractivity contribution in [2.24, 2.45) is 5.92 Å². The highest BCUT2D eigenvalue weighted by Gasteiger charge is 2.26. The van der Waals surface area contributed by atoms with Gasteiger partial charge in [0.2, 0.25) is 0 Å². The van der Waals surface area contributed by atoms with Crippen molar-refractivity contribution in [2.45, 2.75) is 6.42 Å². The van der Waals surface area contributed by atoms with E-state index in [2.05, 4.69) is 33.5 Å². The van der Waals surface area contributed by atoms with Crippen LogP contribution < -0.4 is 10.1 Å². The minimum atomic E-state index is -0.0517. The van der Waals surface area contributed by atoms with Gasteiger partial charge in [-0.15, -0.1) is 0 Å². The molecular formula is C28H28N4O3. The summed E-state index contributed by atoms with van der Waals surface area (Å²) >= 11 is 0. The highest BCUT2D eigenvalue weighted by Crippen LogP contribution is 2.25. The zero-order valence-electron chi connectivity index (χ0n) is 19.7. The number of anilines is 2. The Labute approximate surface area is 204 Å². The second-order valence-electron chi connectivity index (χ2n) is 8.66. The van der Waals surface area contributed by atoms with Crippen LogP contribution in [0.5, 0.6) is 5.75 Å². The van der Waals surface area contributed by atoms with Crippen LogP contribution >= 0.6 is 0 Å². The number of fused-ring (bicyclic) bond motifs is 1. The predicted molar refractivity (Wildman–Crippen MR) is 136 cm³/mol. The summed E-state index contributed by atoms with van der Waals surface area (Å²) in [5.41, 5.74) is 2.60. The first-order valence-corrected chi connectivity index (χ1v) is 11.8. The van der Waals surface area contributed by atoms with E-state index < -0.39 is 0 Å². The van der Waals surface area contributed by atoms with Gasteiger partial charge in [0.15, 0.2) is 0 Å². The number of aromatic nitrogens is 2. The lowest BCUT2D eigenvalue weighted by atomic mass is 9.95. The summed E-state index contributed by atoms with van der Waals surface area (Å²) in [6, 6.07) is 19.5. The Hall–Kier alpha value is -3.97. The summed E-state index contributed by atoms with van der Waals surface area (Å²) < 4.78 is 11.1. The number of hydrogen-bond acceptors (Lipinski definition) is 6. The molecule has 1 aliphatic rings. The van der Waals surface area contributed by atoms with Crippen molar-refractivity contribution in [3.63, 3.8) is 0 Å². The van der Waals surface area contributed by atoms with Crippen molar-refractivity contribution < 1.29 is 14.3 Å². The molecule has 1 aliphatic heterocycles. The second kappa shape index (κ2) is 10.5. The Bertz CT molecular complexity index is 1300. The maximum absolute atomic E-state index is 13.6. The Morgan fingerprint density at radius 2 is 2.00 bits per heavy atom. The van der Waals surface area contributed by atoms with Gasteiger partial charge < -0.3 is 19.7 Å². The SMILES string of the molecule is COc1ccc(Nc2ncccc2C(=O)N2CCOC[C@@H](Cc3cccc4ccncc34)C2)cc1. The smallest absolute Gasteiger partial charge is 0.257 e. The van der Waals surface area contributed by atoms with Crippen LogP contribution in [0.2, 0.25) is 0 Å². The fourth-order valence-electron chi connectivity index (χ4n) is 4.51. The van der Waals surface area contributed by atoms with Gasteiger partial charge in [-0.2, -0.15) is 0 Å². The summed E-state index contributed by atoms with van der Waals surface area (Å²) in [7, 11) is 1.63. The monoisotopic (exact) mass is 468 g/mol. The van der Waals surface area contributed by atoms with E-state index in [9.17, 15) is 4.79 Å². The van der Waals surface area contributed by atoms with Crippen LogP contribution in [0, 0.1) is 5.92 Å². The van der Waals surface area contributed by atoms with Gasteiger partial charge in [-0.25, -0.2) is 4.98 Å². The lowest BCUT2D eigenvalue weighted by Crippen LogP contribution is -2.36. The molecular weight excluding hydrogens is 440 g/mol. The number of carbonyl (C=O) groups excluding carboxylic acids is 1. The van der Waals surface area contributed by atoms with Gasteiger partial charge >= 0.3 is 0 Å². The first-order chi connectivity index (χ1) is 17.2. The van der Waals surface area contributed by atoms with E-state index in [1.165, 1.54) is 10.9 Å². The van der Waals surface area contributed by atoms with Crippen LogP contribution in [0.25, 0.3) is 10.8 Å². The first kappa shape index (κ1) is 22.8. The zero-order valence-corrected chi connectivity index (χ0v) is 19.7. The summed E-state index contributed by atoms with van der Waals surface area (Å²) in [5, 5.41) is 5.60. The number of methoxy groups -OCH3 is 1. The summed E-state index contributed by atoms with van der Waals surface area (Å²) in [6.07, 6.45) is 6.23. The Morgan fingerprint density at radius 1 is 1.11 bits per heavy atom. The minimum absolute atomic E-state index is 0.0517. The van der Waals surface area contributed by atoms with Crippen molar-refractivity contribution in [1.82, 2.24) is 14.9 Å². The molecule has 2 aromatic heterocycles. The van der Waals surface area contributed by atoms with Gasteiger partial charge in [0.25, 0.3) is 5.91 Å². The van der Waals surface area contributed by atoms with Gasteiger partial charge in [-0.1, -0.05) is 18.2 Å². The summed E-state index contributed by atoms with van der Waals surface area (Å²) in [6.45, 7) is 2.29. The van der Waals surface area contributed by atoms with Crippen molar-refractivity contribution >= 4 is 28.2 Å². The van der Waals surface area contributed by atoms with Crippen LogP contribution in [0.4, 0.5) is 11.5 Å².